The van der Waals surface area contributed by atoms with Crippen LogP contribution in [0.2, 0.25) is 0 Å². The molecular weight excluding hydrogens is 354 g/mol. The zero-order valence-electron chi connectivity index (χ0n) is 16.7. The smallest absolute Gasteiger partial charge is 0.407 e. The van der Waals surface area contributed by atoms with E-state index in [0.717, 1.165) is 11.1 Å². The molecule has 0 saturated heterocycles. The number of fused-ring (bicyclic) bond motifs is 3. The summed E-state index contributed by atoms with van der Waals surface area (Å²) < 4.78 is 5.55. The van der Waals surface area contributed by atoms with Crippen LogP contribution in [0.15, 0.2) is 48.5 Å². The molecule has 28 heavy (non-hydrogen) atoms. The Morgan fingerprint density at radius 1 is 1.04 bits per heavy atom. The lowest BCUT2D eigenvalue weighted by atomic mass is 9.78. The first-order valence-corrected chi connectivity index (χ1v) is 9.58. The Labute approximate surface area is 165 Å². The molecule has 5 heteroatoms. The molecule has 0 aromatic heterocycles. The van der Waals surface area contributed by atoms with Gasteiger partial charge < -0.3 is 15.2 Å². The van der Waals surface area contributed by atoms with Crippen molar-refractivity contribution in [3.63, 3.8) is 0 Å². The van der Waals surface area contributed by atoms with E-state index < -0.39 is 23.5 Å². The van der Waals surface area contributed by atoms with Gasteiger partial charge in [0.05, 0.1) is 11.5 Å². The first-order chi connectivity index (χ1) is 13.2. The molecule has 0 radical (unpaired) electrons. The van der Waals surface area contributed by atoms with E-state index in [1.165, 1.54) is 11.1 Å². The van der Waals surface area contributed by atoms with Crippen LogP contribution < -0.4 is 5.32 Å². The van der Waals surface area contributed by atoms with Crippen molar-refractivity contribution >= 4 is 12.1 Å². The average molecular weight is 381 g/mol. The fourth-order valence-corrected chi connectivity index (χ4v) is 4.08. The average Bonchev–Trinajstić information content (AvgIpc) is 2.98. The SMILES string of the molecule is CC(C)[C@H](NC(=O)OCC1c2ccccc2-c2ccccc21)C(C)(C)C(=O)O. The number of benzene rings is 2. The fourth-order valence-electron chi connectivity index (χ4n) is 4.08. The molecule has 0 spiro atoms. The lowest BCUT2D eigenvalue weighted by Gasteiger charge is -2.33. The monoisotopic (exact) mass is 381 g/mol. The van der Waals surface area contributed by atoms with Crippen molar-refractivity contribution in [1.29, 1.82) is 0 Å². The van der Waals surface area contributed by atoms with E-state index in [2.05, 4.69) is 29.6 Å². The minimum Gasteiger partial charge on any atom is -0.481 e. The Morgan fingerprint density at radius 2 is 1.54 bits per heavy atom. The summed E-state index contributed by atoms with van der Waals surface area (Å²) in [7, 11) is 0. The molecule has 2 aromatic carbocycles. The van der Waals surface area contributed by atoms with Crippen LogP contribution in [-0.2, 0) is 9.53 Å². The van der Waals surface area contributed by atoms with Gasteiger partial charge in [0.1, 0.15) is 6.61 Å². The van der Waals surface area contributed by atoms with E-state index in [1.807, 2.05) is 38.1 Å². The predicted octanol–water partition coefficient (Wildman–Crippen LogP) is 4.66. The summed E-state index contributed by atoms with van der Waals surface area (Å²) in [6, 6.07) is 15.7. The van der Waals surface area contributed by atoms with E-state index in [1.54, 1.807) is 13.8 Å². The summed E-state index contributed by atoms with van der Waals surface area (Å²) in [5, 5.41) is 12.3. The number of carbonyl (C=O) groups excluding carboxylic acids is 1. The molecule has 5 nitrogen and oxygen atoms in total. The van der Waals surface area contributed by atoms with Crippen molar-refractivity contribution in [3.05, 3.63) is 59.7 Å². The van der Waals surface area contributed by atoms with E-state index in [0.29, 0.717) is 0 Å². The van der Waals surface area contributed by atoms with Crippen LogP contribution in [0.5, 0.6) is 0 Å². The third-order valence-electron chi connectivity index (χ3n) is 5.61. The molecule has 0 heterocycles. The van der Waals surface area contributed by atoms with Gasteiger partial charge in [-0.15, -0.1) is 0 Å². The van der Waals surface area contributed by atoms with Crippen LogP contribution in [0.4, 0.5) is 4.79 Å². The maximum absolute atomic E-state index is 12.5. The third kappa shape index (κ3) is 3.61. The molecule has 1 atom stereocenters. The quantitative estimate of drug-likeness (QED) is 0.763. The Kier molecular flexibility index (Phi) is 5.45. The normalized spacial score (nSPS) is 14.3. The number of nitrogens with one attached hydrogen (secondary N) is 1. The zero-order chi connectivity index (χ0) is 20.5. The van der Waals surface area contributed by atoms with Gasteiger partial charge in [-0.3, -0.25) is 4.79 Å². The molecule has 0 aliphatic heterocycles. The number of hydrogen-bond donors (Lipinski definition) is 2. The maximum Gasteiger partial charge on any atom is 0.407 e. The molecule has 0 saturated carbocycles. The number of aliphatic carboxylic acids is 1. The van der Waals surface area contributed by atoms with Crippen LogP contribution in [0.3, 0.4) is 0 Å². The van der Waals surface area contributed by atoms with Gasteiger partial charge in [0.2, 0.25) is 0 Å². The lowest BCUT2D eigenvalue weighted by Crippen LogP contribution is -2.52. The Bertz CT molecular complexity index is 842. The van der Waals surface area contributed by atoms with Crippen molar-refractivity contribution in [2.45, 2.75) is 39.7 Å². The van der Waals surface area contributed by atoms with Crippen molar-refractivity contribution in [1.82, 2.24) is 5.32 Å². The molecule has 1 aliphatic rings. The minimum atomic E-state index is -1.10. The van der Waals surface area contributed by atoms with Crippen molar-refractivity contribution in [2.24, 2.45) is 11.3 Å². The van der Waals surface area contributed by atoms with Gasteiger partial charge in [0.15, 0.2) is 0 Å². The first-order valence-electron chi connectivity index (χ1n) is 9.58. The van der Waals surface area contributed by atoms with Crippen LogP contribution in [0, 0.1) is 11.3 Å². The maximum atomic E-state index is 12.5. The molecule has 1 aliphatic carbocycles. The van der Waals surface area contributed by atoms with Gasteiger partial charge >= 0.3 is 12.1 Å². The second-order valence-electron chi connectivity index (χ2n) is 8.22. The third-order valence-corrected chi connectivity index (χ3v) is 5.61. The van der Waals surface area contributed by atoms with Gasteiger partial charge in [-0.2, -0.15) is 0 Å². The highest BCUT2D eigenvalue weighted by molar-refractivity contribution is 5.79. The Balaban J connectivity index is 1.74. The van der Waals surface area contributed by atoms with Crippen LogP contribution in [0.25, 0.3) is 11.1 Å². The topological polar surface area (TPSA) is 75.6 Å². The number of carboxylic acid groups (broad SMARTS) is 1. The van der Waals surface area contributed by atoms with Gasteiger partial charge in [-0.05, 0) is 42.0 Å². The summed E-state index contributed by atoms with van der Waals surface area (Å²) >= 11 is 0. The highest BCUT2D eigenvalue weighted by Gasteiger charge is 2.40. The Hall–Kier alpha value is -2.82. The van der Waals surface area contributed by atoms with Gasteiger partial charge in [0.25, 0.3) is 0 Å². The number of ether oxygens (including phenoxy) is 1. The summed E-state index contributed by atoms with van der Waals surface area (Å²) in [6.07, 6.45) is -0.588. The molecule has 2 N–H and O–H groups in total. The number of carbonyl (C=O) groups is 2. The van der Waals surface area contributed by atoms with Crippen LogP contribution in [-0.4, -0.2) is 29.8 Å². The molecule has 0 fully saturated rings. The summed E-state index contributed by atoms with van der Waals surface area (Å²) in [5.74, 6) is -1.03. The molecule has 0 unspecified atom stereocenters. The van der Waals surface area contributed by atoms with E-state index in [9.17, 15) is 14.7 Å². The number of hydrogen-bond acceptors (Lipinski definition) is 3. The number of amides is 1. The van der Waals surface area contributed by atoms with E-state index in [4.69, 9.17) is 4.74 Å². The predicted molar refractivity (Wildman–Crippen MR) is 108 cm³/mol. The summed E-state index contributed by atoms with van der Waals surface area (Å²) in [6.45, 7) is 7.21. The van der Waals surface area contributed by atoms with E-state index in [-0.39, 0.29) is 18.4 Å². The second kappa shape index (κ2) is 7.66. The summed E-state index contributed by atoms with van der Waals surface area (Å²) in [5.41, 5.74) is 3.52. The van der Waals surface area contributed by atoms with Gasteiger partial charge in [-0.25, -0.2) is 4.79 Å². The first kappa shape index (κ1) is 19.9. The lowest BCUT2D eigenvalue weighted by molar-refractivity contribution is -0.149. The fraction of sp³-hybridized carbons (Fsp3) is 0.391. The molecule has 1 amide bonds. The van der Waals surface area contributed by atoms with Crippen molar-refractivity contribution in [3.8, 4) is 11.1 Å². The van der Waals surface area contributed by atoms with Crippen LogP contribution in [0.1, 0.15) is 44.7 Å². The zero-order valence-corrected chi connectivity index (χ0v) is 16.7. The summed E-state index contributed by atoms with van der Waals surface area (Å²) in [4.78, 5) is 24.1. The standard InChI is InChI=1S/C23H27NO4/c1-14(2)20(23(3,4)21(25)26)24-22(27)28-13-19-17-11-7-5-9-15(17)16-10-6-8-12-18(16)19/h5-12,14,19-20H,13H2,1-4H3,(H,24,27)(H,25,26)/t20-/m0/s1. The second-order valence-corrected chi connectivity index (χ2v) is 8.22. The van der Waals surface area contributed by atoms with E-state index >= 15 is 0 Å². The molecule has 3 rings (SSSR count). The van der Waals surface area contributed by atoms with Crippen molar-refractivity contribution < 1.29 is 19.4 Å². The highest BCUT2D eigenvalue weighted by Crippen LogP contribution is 2.44. The molecule has 148 valence electrons. The Morgan fingerprint density at radius 3 is 2.00 bits per heavy atom. The molecular formula is C23H27NO4. The molecule has 0 bridgehead atoms. The number of alkyl carbamates (subject to hydrolysis) is 1. The highest BCUT2D eigenvalue weighted by atomic mass is 16.5. The number of rotatable bonds is 6. The molecule has 2 aromatic rings. The van der Waals surface area contributed by atoms with Crippen molar-refractivity contribution in [2.75, 3.05) is 6.61 Å². The van der Waals surface area contributed by atoms with Gasteiger partial charge in [-0.1, -0.05) is 62.4 Å². The van der Waals surface area contributed by atoms with Gasteiger partial charge in [0, 0.05) is 5.92 Å². The minimum absolute atomic E-state index is 0.0249. The van der Waals surface area contributed by atoms with Crippen LogP contribution >= 0.6 is 0 Å². The number of carboxylic acids is 1. The largest absolute Gasteiger partial charge is 0.481 e.